The monoisotopic (exact) mass is 317 g/mol. The number of halogens is 1. The van der Waals surface area contributed by atoms with Gasteiger partial charge in [0.15, 0.2) is 5.82 Å². The third-order valence-corrected chi connectivity index (χ3v) is 5.14. The van der Waals surface area contributed by atoms with Gasteiger partial charge in [-0.05, 0) is 48.8 Å². The number of fused-ring (bicyclic) bond motifs is 1. The molecule has 2 fully saturated rings. The predicted octanol–water partition coefficient (Wildman–Crippen LogP) is 3.93. The smallest absolute Gasteiger partial charge is 0.153 e. The minimum atomic E-state index is 0.618. The maximum atomic E-state index is 6.07. The van der Waals surface area contributed by atoms with Crippen LogP contribution in [0.1, 0.15) is 30.9 Å². The van der Waals surface area contributed by atoms with Gasteiger partial charge in [0, 0.05) is 21.6 Å². The Kier molecular flexibility index (Phi) is 2.49. The summed E-state index contributed by atoms with van der Waals surface area (Å²) in [6, 6.07) is 8.31. The Hall–Kier alpha value is -1.29. The number of hydrogen-bond acceptors (Lipinski definition) is 2. The van der Waals surface area contributed by atoms with Crippen LogP contribution in [-0.2, 0) is 0 Å². The van der Waals surface area contributed by atoms with E-state index in [1.54, 1.807) is 0 Å². The fourth-order valence-electron chi connectivity index (χ4n) is 3.54. The van der Waals surface area contributed by atoms with Crippen molar-refractivity contribution in [3.63, 3.8) is 0 Å². The number of benzene rings is 1. The Morgan fingerprint density at radius 2 is 1.79 bits per heavy atom. The number of nitrogen functional groups attached to an aromatic ring is 1. The van der Waals surface area contributed by atoms with Crippen molar-refractivity contribution in [2.45, 2.75) is 25.2 Å². The van der Waals surface area contributed by atoms with E-state index in [9.17, 15) is 0 Å². The molecule has 2 aliphatic rings. The molecular formula is C15H16BrN3. The van der Waals surface area contributed by atoms with E-state index in [-0.39, 0.29) is 0 Å². The molecule has 19 heavy (non-hydrogen) atoms. The number of nitrogens with zero attached hydrogens (tertiary/aromatic N) is 1. The van der Waals surface area contributed by atoms with Crippen LogP contribution in [0.3, 0.4) is 0 Å². The predicted molar refractivity (Wildman–Crippen MR) is 79.7 cm³/mol. The molecule has 0 bridgehead atoms. The van der Waals surface area contributed by atoms with Gasteiger partial charge in [0.2, 0.25) is 0 Å². The average molecular weight is 318 g/mol. The summed E-state index contributed by atoms with van der Waals surface area (Å²) in [7, 11) is 0. The molecular weight excluding hydrogens is 302 g/mol. The van der Waals surface area contributed by atoms with E-state index in [4.69, 9.17) is 5.73 Å². The van der Waals surface area contributed by atoms with Crippen LogP contribution in [0.15, 0.2) is 28.7 Å². The van der Waals surface area contributed by atoms with Crippen LogP contribution in [0.2, 0.25) is 0 Å². The first kappa shape index (κ1) is 11.5. The summed E-state index contributed by atoms with van der Waals surface area (Å²) >= 11 is 3.47. The summed E-state index contributed by atoms with van der Waals surface area (Å²) in [6.45, 7) is 0. The van der Waals surface area contributed by atoms with Crippen molar-refractivity contribution in [3.8, 4) is 11.1 Å². The number of nitrogens with one attached hydrogen (secondary N) is 1. The molecule has 0 spiro atoms. The van der Waals surface area contributed by atoms with Crippen LogP contribution in [0.5, 0.6) is 0 Å². The topological polar surface area (TPSA) is 54.7 Å². The van der Waals surface area contributed by atoms with Gasteiger partial charge in [-0.1, -0.05) is 28.1 Å². The van der Waals surface area contributed by atoms with E-state index in [2.05, 4.69) is 50.4 Å². The van der Waals surface area contributed by atoms with E-state index in [1.807, 2.05) is 0 Å². The van der Waals surface area contributed by atoms with Gasteiger partial charge in [-0.2, -0.15) is 5.10 Å². The van der Waals surface area contributed by atoms with Crippen molar-refractivity contribution in [1.82, 2.24) is 10.2 Å². The zero-order chi connectivity index (χ0) is 13.0. The van der Waals surface area contributed by atoms with Gasteiger partial charge >= 0.3 is 0 Å². The molecule has 2 saturated carbocycles. The Balaban J connectivity index is 1.74. The first-order chi connectivity index (χ1) is 9.22. The fraction of sp³-hybridized carbons (Fsp3) is 0.400. The van der Waals surface area contributed by atoms with E-state index >= 15 is 0 Å². The van der Waals surface area contributed by atoms with Crippen LogP contribution in [0, 0.1) is 11.8 Å². The van der Waals surface area contributed by atoms with Gasteiger partial charge in [-0.3, -0.25) is 5.10 Å². The molecule has 0 aliphatic heterocycles. The summed E-state index contributed by atoms with van der Waals surface area (Å²) in [5, 5.41) is 7.42. The summed E-state index contributed by atoms with van der Waals surface area (Å²) in [6.07, 6.45) is 4.04. The summed E-state index contributed by atoms with van der Waals surface area (Å²) < 4.78 is 1.09. The van der Waals surface area contributed by atoms with Crippen molar-refractivity contribution in [2.75, 3.05) is 5.73 Å². The fourth-order valence-corrected chi connectivity index (χ4v) is 3.80. The highest BCUT2D eigenvalue weighted by atomic mass is 79.9. The number of H-pyrrole nitrogens is 1. The molecule has 0 saturated heterocycles. The van der Waals surface area contributed by atoms with Crippen molar-refractivity contribution in [3.05, 3.63) is 34.4 Å². The first-order valence-electron chi connectivity index (χ1n) is 6.82. The minimum absolute atomic E-state index is 0.618. The summed E-state index contributed by atoms with van der Waals surface area (Å²) in [4.78, 5) is 0. The molecule has 2 aliphatic carbocycles. The van der Waals surface area contributed by atoms with E-state index < -0.39 is 0 Å². The molecule has 1 aromatic carbocycles. The van der Waals surface area contributed by atoms with Crippen LogP contribution >= 0.6 is 15.9 Å². The highest BCUT2D eigenvalue weighted by Gasteiger charge is 2.47. The normalized spacial score (nSPS) is 28.4. The third-order valence-electron chi connectivity index (χ3n) is 4.61. The molecule has 3 nitrogen and oxygen atoms in total. The Bertz CT molecular complexity index is 607. The number of rotatable bonds is 2. The van der Waals surface area contributed by atoms with Gasteiger partial charge in [-0.15, -0.1) is 0 Å². The standard InChI is InChI=1S/C15H16BrN3/c16-12-3-1-8(2-4-12)13-14(18-19-15(13)17)11-6-9-5-10(9)7-11/h1-4,9-11H,5-7H2,(H3,17,18,19). The second kappa shape index (κ2) is 4.10. The number of aromatic amines is 1. The summed E-state index contributed by atoms with van der Waals surface area (Å²) in [5.41, 5.74) is 9.58. The van der Waals surface area contributed by atoms with Crippen LogP contribution in [-0.4, -0.2) is 10.2 Å². The van der Waals surface area contributed by atoms with Crippen LogP contribution in [0.25, 0.3) is 11.1 Å². The van der Waals surface area contributed by atoms with E-state index in [0.717, 1.165) is 27.4 Å². The molecule has 1 heterocycles. The lowest BCUT2D eigenvalue weighted by molar-refractivity contribution is 0.607. The van der Waals surface area contributed by atoms with Gasteiger partial charge in [-0.25, -0.2) is 0 Å². The maximum Gasteiger partial charge on any atom is 0.153 e. The van der Waals surface area contributed by atoms with Gasteiger partial charge < -0.3 is 5.73 Å². The molecule has 3 N–H and O–H groups in total. The molecule has 0 radical (unpaired) electrons. The second-order valence-electron chi connectivity index (χ2n) is 5.83. The number of anilines is 1. The molecule has 2 aromatic rings. The maximum absolute atomic E-state index is 6.07. The van der Waals surface area contributed by atoms with E-state index in [1.165, 1.54) is 25.0 Å². The molecule has 4 heteroatoms. The average Bonchev–Trinajstić information content (AvgIpc) is 2.84. The quantitative estimate of drug-likeness (QED) is 0.881. The molecule has 2 unspecified atom stereocenters. The number of aromatic nitrogens is 2. The van der Waals surface area contributed by atoms with Crippen LogP contribution in [0.4, 0.5) is 5.82 Å². The Labute approximate surface area is 120 Å². The summed E-state index contributed by atoms with van der Waals surface area (Å²) in [5.74, 6) is 3.17. The highest BCUT2D eigenvalue weighted by molar-refractivity contribution is 9.10. The van der Waals surface area contributed by atoms with Gasteiger partial charge in [0.1, 0.15) is 0 Å². The van der Waals surface area contributed by atoms with Crippen LogP contribution < -0.4 is 5.73 Å². The van der Waals surface area contributed by atoms with E-state index in [0.29, 0.717) is 11.7 Å². The molecule has 4 rings (SSSR count). The van der Waals surface area contributed by atoms with Crippen molar-refractivity contribution < 1.29 is 0 Å². The molecule has 2 atom stereocenters. The number of nitrogens with two attached hydrogens (primary N) is 1. The zero-order valence-electron chi connectivity index (χ0n) is 10.6. The van der Waals surface area contributed by atoms with Crippen molar-refractivity contribution >= 4 is 21.7 Å². The lowest BCUT2D eigenvalue weighted by Crippen LogP contribution is -1.99. The molecule has 98 valence electrons. The highest BCUT2D eigenvalue weighted by Crippen LogP contribution is 2.58. The number of hydrogen-bond donors (Lipinski definition) is 2. The largest absolute Gasteiger partial charge is 0.382 e. The second-order valence-corrected chi connectivity index (χ2v) is 6.74. The SMILES string of the molecule is Nc1n[nH]c(C2CC3CC3C2)c1-c1ccc(Br)cc1. The lowest BCUT2D eigenvalue weighted by atomic mass is 9.93. The minimum Gasteiger partial charge on any atom is -0.382 e. The third kappa shape index (κ3) is 1.89. The Morgan fingerprint density at radius 1 is 1.11 bits per heavy atom. The lowest BCUT2D eigenvalue weighted by Gasteiger charge is -2.12. The Morgan fingerprint density at radius 3 is 2.47 bits per heavy atom. The van der Waals surface area contributed by atoms with Gasteiger partial charge in [0.25, 0.3) is 0 Å². The van der Waals surface area contributed by atoms with Crippen molar-refractivity contribution in [2.24, 2.45) is 11.8 Å². The van der Waals surface area contributed by atoms with Crippen molar-refractivity contribution in [1.29, 1.82) is 0 Å². The van der Waals surface area contributed by atoms with Gasteiger partial charge in [0.05, 0.1) is 0 Å². The first-order valence-corrected chi connectivity index (χ1v) is 7.61. The zero-order valence-corrected chi connectivity index (χ0v) is 12.2. The molecule has 1 aromatic heterocycles. The molecule has 0 amide bonds.